The van der Waals surface area contributed by atoms with Crippen molar-refractivity contribution in [3.05, 3.63) is 52.8 Å². The number of hydrogen-bond donors (Lipinski definition) is 2. The maximum atomic E-state index is 12.1. The summed E-state index contributed by atoms with van der Waals surface area (Å²) in [6, 6.07) is 11.4. The minimum atomic E-state index is -0.154. The number of halogens is 1. The summed E-state index contributed by atoms with van der Waals surface area (Å²) in [4.78, 5) is 20.6. The van der Waals surface area contributed by atoms with Gasteiger partial charge in [-0.3, -0.25) is 9.89 Å². The Labute approximate surface area is 154 Å². The second kappa shape index (κ2) is 7.67. The van der Waals surface area contributed by atoms with Crippen molar-refractivity contribution in [2.75, 3.05) is 11.1 Å². The number of aromatic amines is 1. The number of hydrogen-bond acceptors (Lipinski definition) is 5. The zero-order chi connectivity index (χ0) is 17.8. The molecule has 1 aromatic carbocycles. The zero-order valence-electron chi connectivity index (χ0n) is 13.7. The second-order valence-corrected chi connectivity index (χ2v) is 6.77. The summed E-state index contributed by atoms with van der Waals surface area (Å²) in [5.74, 6) is 0.729. The number of aryl methyl sites for hydroxylation is 2. The van der Waals surface area contributed by atoms with Crippen LogP contribution in [0.4, 0.5) is 5.69 Å². The highest BCUT2D eigenvalue weighted by Crippen LogP contribution is 2.20. The van der Waals surface area contributed by atoms with Gasteiger partial charge in [-0.25, -0.2) is 9.97 Å². The zero-order valence-corrected chi connectivity index (χ0v) is 15.3. The molecule has 2 aromatic heterocycles. The quantitative estimate of drug-likeness (QED) is 0.524. The molecule has 0 aliphatic heterocycles. The summed E-state index contributed by atoms with van der Waals surface area (Å²) < 4.78 is 0. The molecule has 128 valence electrons. The van der Waals surface area contributed by atoms with Gasteiger partial charge < -0.3 is 5.32 Å². The van der Waals surface area contributed by atoms with Gasteiger partial charge in [0.15, 0.2) is 5.82 Å². The molecule has 2 heterocycles. The number of carbonyl (C=O) groups is 1. The van der Waals surface area contributed by atoms with E-state index in [1.165, 1.54) is 17.3 Å². The Bertz CT molecular complexity index is 894. The van der Waals surface area contributed by atoms with Gasteiger partial charge in [-0.15, -0.1) is 5.10 Å². The fraction of sp³-hybridized carbons (Fsp3) is 0.176. The molecule has 6 nitrogen and oxygen atoms in total. The number of amides is 1. The number of pyridine rings is 1. The van der Waals surface area contributed by atoms with Gasteiger partial charge in [-0.05, 0) is 26.0 Å². The molecule has 0 saturated carbocycles. The van der Waals surface area contributed by atoms with E-state index in [0.29, 0.717) is 27.5 Å². The Kier molecular flexibility index (Phi) is 5.35. The minimum Gasteiger partial charge on any atom is -0.324 e. The number of benzene rings is 1. The molecule has 0 aliphatic carbocycles. The van der Waals surface area contributed by atoms with Crippen molar-refractivity contribution in [2.24, 2.45) is 0 Å². The van der Waals surface area contributed by atoms with Crippen LogP contribution in [-0.2, 0) is 4.79 Å². The van der Waals surface area contributed by atoms with Crippen LogP contribution in [0, 0.1) is 13.8 Å². The summed E-state index contributed by atoms with van der Waals surface area (Å²) in [5, 5.41) is 10.8. The number of thioether (sulfide) groups is 1. The summed E-state index contributed by atoms with van der Waals surface area (Å²) in [7, 11) is 0. The van der Waals surface area contributed by atoms with E-state index in [1.807, 2.05) is 31.2 Å². The lowest BCUT2D eigenvalue weighted by atomic mass is 10.1. The molecule has 3 rings (SSSR count). The molecular formula is C17H16ClN5OS. The Morgan fingerprint density at radius 2 is 1.92 bits per heavy atom. The van der Waals surface area contributed by atoms with Gasteiger partial charge >= 0.3 is 0 Å². The van der Waals surface area contributed by atoms with Crippen molar-refractivity contribution in [2.45, 2.75) is 19.0 Å². The number of carbonyl (C=O) groups excluding carboxylic acids is 1. The van der Waals surface area contributed by atoms with Crippen molar-refractivity contribution < 1.29 is 4.79 Å². The van der Waals surface area contributed by atoms with Crippen molar-refractivity contribution in [1.29, 1.82) is 0 Å². The molecule has 3 aromatic rings. The first kappa shape index (κ1) is 17.4. The second-order valence-electron chi connectivity index (χ2n) is 5.44. The summed E-state index contributed by atoms with van der Waals surface area (Å²) in [6.07, 6.45) is 0. The van der Waals surface area contributed by atoms with E-state index in [9.17, 15) is 4.79 Å². The molecule has 0 saturated heterocycles. The number of nitrogens with one attached hydrogen (secondary N) is 2. The molecule has 2 N–H and O–H groups in total. The SMILES string of the molecule is Cc1ccc(-c2nc(SCC(=O)Nc3ccc(Cl)nc3C)n[nH]2)cc1. The number of H-pyrrole nitrogens is 1. The van der Waals surface area contributed by atoms with Gasteiger partial charge in [0.05, 0.1) is 17.1 Å². The Balaban J connectivity index is 1.58. The smallest absolute Gasteiger partial charge is 0.234 e. The van der Waals surface area contributed by atoms with Gasteiger partial charge in [0.1, 0.15) is 5.15 Å². The highest BCUT2D eigenvalue weighted by molar-refractivity contribution is 7.99. The number of anilines is 1. The molecule has 0 atom stereocenters. The van der Waals surface area contributed by atoms with Crippen molar-refractivity contribution in [3.8, 4) is 11.4 Å². The third kappa shape index (κ3) is 4.58. The van der Waals surface area contributed by atoms with E-state index in [-0.39, 0.29) is 11.7 Å². The summed E-state index contributed by atoms with van der Waals surface area (Å²) in [6.45, 7) is 3.82. The van der Waals surface area contributed by atoms with Crippen LogP contribution in [-0.4, -0.2) is 31.8 Å². The summed E-state index contributed by atoms with van der Waals surface area (Å²) in [5.41, 5.74) is 3.45. The van der Waals surface area contributed by atoms with Gasteiger partial charge in [0.25, 0.3) is 0 Å². The Hall–Kier alpha value is -2.38. The molecule has 1 amide bonds. The van der Waals surface area contributed by atoms with Crippen LogP contribution in [0.2, 0.25) is 5.15 Å². The normalized spacial score (nSPS) is 10.7. The van der Waals surface area contributed by atoms with E-state index < -0.39 is 0 Å². The first-order valence-electron chi connectivity index (χ1n) is 7.56. The molecular weight excluding hydrogens is 358 g/mol. The Morgan fingerprint density at radius 3 is 2.64 bits per heavy atom. The maximum Gasteiger partial charge on any atom is 0.234 e. The van der Waals surface area contributed by atoms with Gasteiger partial charge in [-0.2, -0.15) is 0 Å². The lowest BCUT2D eigenvalue weighted by Gasteiger charge is -2.06. The number of nitrogens with zero attached hydrogens (tertiary/aromatic N) is 3. The number of rotatable bonds is 5. The molecule has 8 heteroatoms. The van der Waals surface area contributed by atoms with E-state index in [0.717, 1.165) is 5.56 Å². The lowest BCUT2D eigenvalue weighted by Crippen LogP contribution is -2.15. The third-order valence-electron chi connectivity index (χ3n) is 3.45. The van der Waals surface area contributed by atoms with Crippen LogP contribution >= 0.6 is 23.4 Å². The predicted octanol–water partition coefficient (Wildman–Crippen LogP) is 3.87. The van der Waals surface area contributed by atoms with E-state index in [1.54, 1.807) is 19.1 Å². The van der Waals surface area contributed by atoms with E-state index >= 15 is 0 Å². The largest absolute Gasteiger partial charge is 0.324 e. The molecule has 0 aliphatic rings. The minimum absolute atomic E-state index is 0.154. The molecule has 0 unspecified atom stereocenters. The number of aromatic nitrogens is 4. The monoisotopic (exact) mass is 373 g/mol. The van der Waals surface area contributed by atoms with Crippen molar-refractivity contribution in [1.82, 2.24) is 20.2 Å². The summed E-state index contributed by atoms with van der Waals surface area (Å²) >= 11 is 7.07. The van der Waals surface area contributed by atoms with Crippen LogP contribution < -0.4 is 5.32 Å². The Morgan fingerprint density at radius 1 is 1.16 bits per heavy atom. The van der Waals surface area contributed by atoms with E-state index in [4.69, 9.17) is 11.6 Å². The van der Waals surface area contributed by atoms with Crippen LogP contribution in [0.15, 0.2) is 41.6 Å². The lowest BCUT2D eigenvalue weighted by molar-refractivity contribution is -0.113. The predicted molar refractivity (Wildman–Crippen MR) is 99.9 cm³/mol. The van der Waals surface area contributed by atoms with Gasteiger partial charge in [0, 0.05) is 5.56 Å². The fourth-order valence-corrected chi connectivity index (χ4v) is 2.92. The van der Waals surface area contributed by atoms with Crippen LogP contribution in [0.3, 0.4) is 0 Å². The van der Waals surface area contributed by atoms with Gasteiger partial charge in [-0.1, -0.05) is 53.2 Å². The first-order chi connectivity index (χ1) is 12.0. The van der Waals surface area contributed by atoms with Crippen LogP contribution in [0.1, 0.15) is 11.3 Å². The average molecular weight is 374 g/mol. The van der Waals surface area contributed by atoms with E-state index in [2.05, 4.69) is 25.5 Å². The topological polar surface area (TPSA) is 83.6 Å². The molecule has 0 fully saturated rings. The molecule has 0 spiro atoms. The molecule has 0 bridgehead atoms. The highest BCUT2D eigenvalue weighted by atomic mass is 35.5. The van der Waals surface area contributed by atoms with Crippen LogP contribution in [0.5, 0.6) is 0 Å². The first-order valence-corrected chi connectivity index (χ1v) is 8.93. The third-order valence-corrected chi connectivity index (χ3v) is 4.51. The van der Waals surface area contributed by atoms with Crippen LogP contribution in [0.25, 0.3) is 11.4 Å². The van der Waals surface area contributed by atoms with Gasteiger partial charge in [0.2, 0.25) is 11.1 Å². The maximum absolute atomic E-state index is 12.1. The molecule has 25 heavy (non-hydrogen) atoms. The van der Waals surface area contributed by atoms with Crippen molar-refractivity contribution >= 4 is 35.0 Å². The highest BCUT2D eigenvalue weighted by Gasteiger charge is 2.10. The van der Waals surface area contributed by atoms with Crippen molar-refractivity contribution in [3.63, 3.8) is 0 Å². The standard InChI is InChI=1S/C17H16ClN5OS/c1-10-3-5-12(6-4-10)16-21-17(23-22-16)25-9-15(24)20-13-7-8-14(18)19-11(13)2/h3-8H,9H2,1-2H3,(H,20,24)(H,21,22,23). The average Bonchev–Trinajstić information content (AvgIpc) is 3.05. The fourth-order valence-electron chi connectivity index (χ4n) is 2.13. The molecule has 0 radical (unpaired) electrons.